The molecule has 2 rings (SSSR count). The minimum Gasteiger partial charge on any atom is -0.383 e. The Balaban J connectivity index is 2.04. The van der Waals surface area contributed by atoms with Gasteiger partial charge in [-0.2, -0.15) is 5.10 Å². The summed E-state index contributed by atoms with van der Waals surface area (Å²) in [7, 11) is 3.78. The zero-order valence-electron chi connectivity index (χ0n) is 13.9. The largest absolute Gasteiger partial charge is 0.383 e. The Morgan fingerprint density at radius 3 is 2.57 bits per heavy atom. The highest BCUT2D eigenvalue weighted by Crippen LogP contribution is 2.24. The summed E-state index contributed by atoms with van der Waals surface area (Å²) in [5, 5.41) is 8.06. The third kappa shape index (κ3) is 3.96. The van der Waals surface area contributed by atoms with Crippen LogP contribution in [0.4, 0.5) is 5.82 Å². The molecule has 6 heteroatoms. The fourth-order valence-electron chi connectivity index (χ4n) is 2.96. The fraction of sp³-hybridized carbons (Fsp3) is 0.800. The first kappa shape index (κ1) is 16.3. The highest BCUT2D eigenvalue weighted by Gasteiger charge is 2.22. The number of hydrogen-bond donors (Lipinski definition) is 1. The molecular weight excluding hydrogens is 266 g/mol. The molecule has 1 N–H and O–H groups in total. The Hall–Kier alpha value is -1.11. The van der Waals surface area contributed by atoms with E-state index in [4.69, 9.17) is 4.74 Å². The quantitative estimate of drug-likeness (QED) is 0.747. The maximum atomic E-state index is 5.09. The first-order valence-corrected chi connectivity index (χ1v) is 7.86. The summed E-state index contributed by atoms with van der Waals surface area (Å²) in [6.45, 7) is 12.4. The van der Waals surface area contributed by atoms with E-state index in [-0.39, 0.29) is 0 Å². The monoisotopic (exact) mass is 295 g/mol. The topological polar surface area (TPSA) is 45.6 Å². The van der Waals surface area contributed by atoms with E-state index in [1.54, 1.807) is 7.11 Å². The SMILES string of the molecule is CCN1CCN(c2c(CNCCOC)c(C)nn2C)CC1. The lowest BCUT2D eigenvalue weighted by atomic mass is 10.2. The zero-order chi connectivity index (χ0) is 15.2. The summed E-state index contributed by atoms with van der Waals surface area (Å²) in [5.74, 6) is 1.27. The number of nitrogens with one attached hydrogen (secondary N) is 1. The first-order valence-electron chi connectivity index (χ1n) is 7.86. The summed E-state index contributed by atoms with van der Waals surface area (Å²) in [5.41, 5.74) is 2.44. The van der Waals surface area contributed by atoms with Crippen LogP contribution in [0.5, 0.6) is 0 Å². The molecule has 1 aromatic heterocycles. The van der Waals surface area contributed by atoms with Crippen LogP contribution < -0.4 is 10.2 Å². The number of aromatic nitrogens is 2. The Bertz CT molecular complexity index is 438. The van der Waals surface area contributed by atoms with Crippen molar-refractivity contribution in [1.29, 1.82) is 0 Å². The van der Waals surface area contributed by atoms with Crippen molar-refractivity contribution in [2.75, 3.05) is 57.9 Å². The predicted octanol–water partition coefficient (Wildman–Crippen LogP) is 0.606. The molecule has 0 unspecified atom stereocenters. The van der Waals surface area contributed by atoms with Gasteiger partial charge in [-0.3, -0.25) is 4.68 Å². The number of rotatable bonds is 7. The van der Waals surface area contributed by atoms with E-state index in [0.29, 0.717) is 0 Å². The van der Waals surface area contributed by atoms with E-state index in [1.165, 1.54) is 11.4 Å². The average Bonchev–Trinajstić information content (AvgIpc) is 2.78. The fourth-order valence-corrected chi connectivity index (χ4v) is 2.96. The molecule has 1 aliphatic heterocycles. The normalized spacial score (nSPS) is 16.7. The molecule has 1 saturated heterocycles. The van der Waals surface area contributed by atoms with Gasteiger partial charge < -0.3 is 19.9 Å². The Labute approximate surface area is 128 Å². The van der Waals surface area contributed by atoms with Crippen molar-refractivity contribution in [1.82, 2.24) is 20.0 Å². The highest BCUT2D eigenvalue weighted by molar-refractivity contribution is 5.50. The van der Waals surface area contributed by atoms with Gasteiger partial charge in [0, 0.05) is 59.0 Å². The van der Waals surface area contributed by atoms with E-state index in [1.807, 2.05) is 11.7 Å². The summed E-state index contributed by atoms with van der Waals surface area (Å²) in [4.78, 5) is 4.97. The van der Waals surface area contributed by atoms with Gasteiger partial charge in [-0.25, -0.2) is 0 Å². The molecule has 0 spiro atoms. The first-order chi connectivity index (χ1) is 10.2. The molecule has 0 bridgehead atoms. The van der Waals surface area contributed by atoms with Gasteiger partial charge in [0.2, 0.25) is 0 Å². The van der Waals surface area contributed by atoms with Gasteiger partial charge in [0.15, 0.2) is 0 Å². The molecule has 0 amide bonds. The van der Waals surface area contributed by atoms with Crippen LogP contribution in [0.2, 0.25) is 0 Å². The Morgan fingerprint density at radius 1 is 1.24 bits per heavy atom. The lowest BCUT2D eigenvalue weighted by molar-refractivity contribution is 0.199. The van der Waals surface area contributed by atoms with Crippen molar-refractivity contribution in [2.45, 2.75) is 20.4 Å². The van der Waals surface area contributed by atoms with Crippen molar-refractivity contribution in [3.05, 3.63) is 11.3 Å². The maximum absolute atomic E-state index is 5.09. The molecule has 0 radical (unpaired) electrons. The molecule has 1 aromatic rings. The van der Waals surface area contributed by atoms with Crippen molar-refractivity contribution >= 4 is 5.82 Å². The second-order valence-electron chi connectivity index (χ2n) is 5.60. The van der Waals surface area contributed by atoms with Crippen LogP contribution in [-0.4, -0.2) is 67.7 Å². The Kier molecular flexibility index (Phi) is 6.02. The van der Waals surface area contributed by atoms with E-state index in [2.05, 4.69) is 34.1 Å². The number of methoxy groups -OCH3 is 1. The van der Waals surface area contributed by atoms with Crippen molar-refractivity contribution < 1.29 is 4.74 Å². The second-order valence-corrected chi connectivity index (χ2v) is 5.60. The number of nitrogens with zero attached hydrogens (tertiary/aromatic N) is 4. The Morgan fingerprint density at radius 2 is 1.95 bits per heavy atom. The highest BCUT2D eigenvalue weighted by atomic mass is 16.5. The van der Waals surface area contributed by atoms with Gasteiger partial charge in [-0.05, 0) is 13.5 Å². The van der Waals surface area contributed by atoms with Crippen LogP contribution in [-0.2, 0) is 18.3 Å². The van der Waals surface area contributed by atoms with Gasteiger partial charge >= 0.3 is 0 Å². The lowest BCUT2D eigenvalue weighted by Gasteiger charge is -2.35. The van der Waals surface area contributed by atoms with Crippen LogP contribution in [0.3, 0.4) is 0 Å². The third-order valence-electron chi connectivity index (χ3n) is 4.22. The summed E-state index contributed by atoms with van der Waals surface area (Å²) in [6, 6.07) is 0. The molecular formula is C15H29N5O. The predicted molar refractivity (Wildman–Crippen MR) is 85.9 cm³/mol. The van der Waals surface area contributed by atoms with Gasteiger partial charge in [0.25, 0.3) is 0 Å². The molecule has 0 saturated carbocycles. The lowest BCUT2D eigenvalue weighted by Crippen LogP contribution is -2.47. The van der Waals surface area contributed by atoms with Crippen LogP contribution in [0.15, 0.2) is 0 Å². The third-order valence-corrected chi connectivity index (χ3v) is 4.22. The number of hydrogen-bond acceptors (Lipinski definition) is 5. The summed E-state index contributed by atoms with van der Waals surface area (Å²) >= 11 is 0. The standard InChI is InChI=1S/C15H29N5O/c1-5-19-7-9-20(10-8-19)15-14(12-16-6-11-21-4)13(2)17-18(15)3/h16H,5-12H2,1-4H3. The number of likely N-dealkylation sites (N-methyl/N-ethyl adjacent to an activating group) is 1. The molecule has 1 aliphatic rings. The van der Waals surface area contributed by atoms with Gasteiger partial charge in [0.05, 0.1) is 12.3 Å². The smallest absolute Gasteiger partial charge is 0.131 e. The van der Waals surface area contributed by atoms with Crippen molar-refractivity contribution in [3.63, 3.8) is 0 Å². The van der Waals surface area contributed by atoms with Crippen LogP contribution in [0.25, 0.3) is 0 Å². The summed E-state index contributed by atoms with van der Waals surface area (Å²) < 4.78 is 7.12. The number of aryl methyl sites for hydroxylation is 2. The molecule has 21 heavy (non-hydrogen) atoms. The van der Waals surface area contributed by atoms with Crippen molar-refractivity contribution in [3.8, 4) is 0 Å². The molecule has 6 nitrogen and oxygen atoms in total. The van der Waals surface area contributed by atoms with E-state index < -0.39 is 0 Å². The minimum atomic E-state index is 0.740. The zero-order valence-corrected chi connectivity index (χ0v) is 13.9. The van der Waals surface area contributed by atoms with E-state index >= 15 is 0 Å². The average molecular weight is 295 g/mol. The summed E-state index contributed by atoms with van der Waals surface area (Å²) in [6.07, 6.45) is 0. The molecule has 120 valence electrons. The molecule has 0 aromatic carbocycles. The number of ether oxygens (including phenoxy) is 1. The van der Waals surface area contributed by atoms with Gasteiger partial charge in [-0.1, -0.05) is 6.92 Å². The van der Waals surface area contributed by atoms with E-state index in [9.17, 15) is 0 Å². The molecule has 1 fully saturated rings. The molecule has 0 aliphatic carbocycles. The molecule has 2 heterocycles. The minimum absolute atomic E-state index is 0.740. The second kappa shape index (κ2) is 7.77. The maximum Gasteiger partial charge on any atom is 0.131 e. The van der Waals surface area contributed by atoms with Crippen LogP contribution >= 0.6 is 0 Å². The number of anilines is 1. The van der Waals surface area contributed by atoms with Crippen molar-refractivity contribution in [2.24, 2.45) is 7.05 Å². The van der Waals surface area contributed by atoms with E-state index in [0.717, 1.165) is 58.1 Å². The number of piperazine rings is 1. The van der Waals surface area contributed by atoms with Gasteiger partial charge in [0.1, 0.15) is 5.82 Å². The van der Waals surface area contributed by atoms with Crippen LogP contribution in [0, 0.1) is 6.92 Å². The molecule has 0 atom stereocenters. The van der Waals surface area contributed by atoms with Gasteiger partial charge in [-0.15, -0.1) is 0 Å². The van der Waals surface area contributed by atoms with Crippen LogP contribution in [0.1, 0.15) is 18.2 Å².